The summed E-state index contributed by atoms with van der Waals surface area (Å²) >= 11 is 1.72. The third kappa shape index (κ3) is 4.42. The van der Waals surface area contributed by atoms with Crippen LogP contribution in [0.3, 0.4) is 0 Å². The number of carbonyl (C=O) groups is 1. The number of aliphatic carboxylic acids is 1. The van der Waals surface area contributed by atoms with E-state index in [1.165, 1.54) is 9.18 Å². The summed E-state index contributed by atoms with van der Waals surface area (Å²) in [7, 11) is -3.50. The molecule has 0 aliphatic carbocycles. The van der Waals surface area contributed by atoms with E-state index >= 15 is 0 Å². The van der Waals surface area contributed by atoms with Crippen LogP contribution >= 0.6 is 11.3 Å². The highest BCUT2D eigenvalue weighted by Gasteiger charge is 2.38. The first-order chi connectivity index (χ1) is 12.0. The fraction of sp³-hybridized carbons (Fsp3) is 0.706. The Kier molecular flexibility index (Phi) is 6.14. The van der Waals surface area contributed by atoms with Crippen molar-refractivity contribution in [1.29, 1.82) is 0 Å². The fourth-order valence-corrected chi connectivity index (χ4v) is 6.45. The predicted molar refractivity (Wildman–Crippen MR) is 97.8 cm³/mol. The Labute approximate surface area is 153 Å². The molecule has 1 aromatic heterocycles. The molecular weight excluding hydrogens is 360 g/mol. The van der Waals surface area contributed by atoms with Gasteiger partial charge in [-0.2, -0.15) is 17.0 Å². The molecule has 140 valence electrons. The molecular formula is C17H26N2O4S2. The van der Waals surface area contributed by atoms with Crippen LogP contribution in [0, 0.1) is 5.92 Å². The van der Waals surface area contributed by atoms with E-state index in [2.05, 4.69) is 11.4 Å². The van der Waals surface area contributed by atoms with E-state index in [-0.39, 0.29) is 6.04 Å². The van der Waals surface area contributed by atoms with Crippen molar-refractivity contribution in [1.82, 2.24) is 8.61 Å². The van der Waals surface area contributed by atoms with Gasteiger partial charge in [0.25, 0.3) is 10.2 Å². The number of carboxylic acid groups (broad SMARTS) is 1. The molecule has 0 bridgehead atoms. The molecule has 2 aliphatic rings. The SMILES string of the molecule is O=C(O)C1CCN(S(=O)(=O)N2CCCC[C@@H]2CCc2cccs2)CC1. The molecule has 0 radical (unpaired) electrons. The maximum Gasteiger partial charge on any atom is 0.306 e. The second kappa shape index (κ2) is 8.16. The second-order valence-electron chi connectivity index (χ2n) is 6.90. The molecule has 2 aliphatic heterocycles. The minimum Gasteiger partial charge on any atom is -0.481 e. The molecule has 2 fully saturated rings. The summed E-state index contributed by atoms with van der Waals surface area (Å²) in [6.45, 7) is 1.21. The van der Waals surface area contributed by atoms with Crippen molar-refractivity contribution in [2.24, 2.45) is 5.92 Å². The maximum absolute atomic E-state index is 13.1. The first-order valence-corrected chi connectivity index (χ1v) is 11.3. The lowest BCUT2D eigenvalue weighted by Crippen LogP contribution is -2.52. The van der Waals surface area contributed by atoms with Crippen molar-refractivity contribution in [3.63, 3.8) is 0 Å². The summed E-state index contributed by atoms with van der Waals surface area (Å²) in [5, 5.41) is 11.2. The number of piperidine rings is 2. The average Bonchev–Trinajstić information content (AvgIpc) is 3.14. The highest BCUT2D eigenvalue weighted by molar-refractivity contribution is 7.86. The van der Waals surface area contributed by atoms with E-state index in [0.717, 1.165) is 32.1 Å². The summed E-state index contributed by atoms with van der Waals surface area (Å²) in [5.41, 5.74) is 0. The Morgan fingerprint density at radius 3 is 2.60 bits per heavy atom. The van der Waals surface area contributed by atoms with E-state index in [4.69, 9.17) is 5.11 Å². The molecule has 6 nitrogen and oxygen atoms in total. The van der Waals surface area contributed by atoms with Crippen molar-refractivity contribution in [2.75, 3.05) is 19.6 Å². The van der Waals surface area contributed by atoms with Gasteiger partial charge in [0.05, 0.1) is 5.92 Å². The molecule has 0 saturated carbocycles. The fourth-order valence-electron chi connectivity index (χ4n) is 3.81. The van der Waals surface area contributed by atoms with E-state index in [1.807, 2.05) is 6.07 Å². The molecule has 3 heterocycles. The lowest BCUT2D eigenvalue weighted by Gasteiger charge is -2.39. The van der Waals surface area contributed by atoms with Crippen molar-refractivity contribution in [2.45, 2.75) is 51.0 Å². The lowest BCUT2D eigenvalue weighted by atomic mass is 9.99. The first kappa shape index (κ1) is 18.8. The molecule has 25 heavy (non-hydrogen) atoms. The van der Waals surface area contributed by atoms with Crippen molar-refractivity contribution < 1.29 is 18.3 Å². The molecule has 0 amide bonds. The quantitative estimate of drug-likeness (QED) is 0.815. The van der Waals surface area contributed by atoms with Gasteiger partial charge in [0.2, 0.25) is 0 Å². The van der Waals surface area contributed by atoms with Gasteiger partial charge in [-0.3, -0.25) is 4.79 Å². The number of carboxylic acids is 1. The van der Waals surface area contributed by atoms with Crippen molar-refractivity contribution >= 4 is 27.5 Å². The summed E-state index contributed by atoms with van der Waals surface area (Å²) in [4.78, 5) is 12.4. The average molecular weight is 387 g/mol. The molecule has 0 aromatic carbocycles. The van der Waals surface area contributed by atoms with E-state index in [1.54, 1.807) is 15.6 Å². The molecule has 2 saturated heterocycles. The van der Waals surface area contributed by atoms with Gasteiger partial charge in [0.1, 0.15) is 0 Å². The van der Waals surface area contributed by atoms with Gasteiger partial charge in [0.15, 0.2) is 0 Å². The molecule has 1 aromatic rings. The van der Waals surface area contributed by atoms with Crippen LogP contribution in [0.15, 0.2) is 17.5 Å². The van der Waals surface area contributed by atoms with Crippen LogP contribution in [0.4, 0.5) is 0 Å². The number of nitrogens with zero attached hydrogens (tertiary/aromatic N) is 2. The Bertz CT molecular complexity index is 667. The third-order valence-electron chi connectivity index (χ3n) is 5.30. The van der Waals surface area contributed by atoms with Crippen LogP contribution in [-0.4, -0.2) is 53.8 Å². The highest BCUT2D eigenvalue weighted by atomic mass is 32.2. The lowest BCUT2D eigenvalue weighted by molar-refractivity contribution is -0.142. The molecule has 3 rings (SSSR count). The Morgan fingerprint density at radius 2 is 1.96 bits per heavy atom. The van der Waals surface area contributed by atoms with E-state index < -0.39 is 22.1 Å². The third-order valence-corrected chi connectivity index (χ3v) is 8.33. The number of aryl methyl sites for hydroxylation is 1. The molecule has 0 spiro atoms. The summed E-state index contributed by atoms with van der Waals surface area (Å²) < 4.78 is 29.4. The van der Waals surface area contributed by atoms with Gasteiger partial charge in [-0.15, -0.1) is 11.3 Å². The second-order valence-corrected chi connectivity index (χ2v) is 9.81. The largest absolute Gasteiger partial charge is 0.481 e. The van der Waals surface area contributed by atoms with E-state index in [9.17, 15) is 13.2 Å². The van der Waals surface area contributed by atoms with Crippen LogP contribution in [0.2, 0.25) is 0 Å². The Morgan fingerprint density at radius 1 is 1.20 bits per heavy atom. The minimum atomic E-state index is -3.50. The number of rotatable bonds is 6. The van der Waals surface area contributed by atoms with Gasteiger partial charge in [-0.05, 0) is 50.0 Å². The number of thiophene rings is 1. The van der Waals surface area contributed by atoms with Crippen molar-refractivity contribution in [3.05, 3.63) is 22.4 Å². The molecule has 0 unspecified atom stereocenters. The summed E-state index contributed by atoms with van der Waals surface area (Å²) in [6, 6.07) is 4.18. The molecule has 1 atom stereocenters. The first-order valence-electron chi connectivity index (χ1n) is 9.00. The van der Waals surface area contributed by atoms with Crippen LogP contribution in [0.5, 0.6) is 0 Å². The topological polar surface area (TPSA) is 77.9 Å². The zero-order chi connectivity index (χ0) is 17.9. The van der Waals surface area contributed by atoms with Crippen LogP contribution in [-0.2, 0) is 21.4 Å². The van der Waals surface area contributed by atoms with Gasteiger partial charge in [-0.25, -0.2) is 0 Å². The normalized spacial score (nSPS) is 24.4. The van der Waals surface area contributed by atoms with Crippen LogP contribution < -0.4 is 0 Å². The Balaban J connectivity index is 1.65. The van der Waals surface area contributed by atoms with Crippen LogP contribution in [0.1, 0.15) is 43.4 Å². The standard InChI is InChI=1S/C17H26N2O4S2/c20-17(21)14-8-11-18(12-9-14)25(22,23)19-10-2-1-4-15(19)6-7-16-5-3-13-24-16/h3,5,13-15H,1-2,4,6-12H2,(H,20,21)/t15-/m1/s1. The maximum atomic E-state index is 13.1. The number of hydrogen-bond donors (Lipinski definition) is 1. The van der Waals surface area contributed by atoms with Gasteiger partial charge < -0.3 is 5.11 Å². The zero-order valence-corrected chi connectivity index (χ0v) is 16.0. The highest BCUT2D eigenvalue weighted by Crippen LogP contribution is 2.29. The number of hydrogen-bond acceptors (Lipinski definition) is 4. The summed E-state index contributed by atoms with van der Waals surface area (Å²) in [5.74, 6) is -1.23. The van der Waals surface area contributed by atoms with Crippen molar-refractivity contribution in [3.8, 4) is 0 Å². The van der Waals surface area contributed by atoms with Gasteiger partial charge >= 0.3 is 5.97 Å². The monoisotopic (exact) mass is 386 g/mol. The molecule has 1 N–H and O–H groups in total. The van der Waals surface area contributed by atoms with Gasteiger partial charge in [-0.1, -0.05) is 12.5 Å². The Hall–Kier alpha value is -0.960. The molecule has 8 heteroatoms. The predicted octanol–water partition coefficient (Wildman–Crippen LogP) is 2.58. The zero-order valence-electron chi connectivity index (χ0n) is 14.3. The van der Waals surface area contributed by atoms with Crippen LogP contribution in [0.25, 0.3) is 0 Å². The summed E-state index contributed by atoms with van der Waals surface area (Å²) in [6.07, 6.45) is 5.46. The minimum absolute atomic E-state index is 0.0537. The van der Waals surface area contributed by atoms with E-state index in [0.29, 0.717) is 32.5 Å². The van der Waals surface area contributed by atoms with Gasteiger partial charge in [0, 0.05) is 30.6 Å². The smallest absolute Gasteiger partial charge is 0.306 e.